The number of amides is 2. The molecule has 1 heterocycles. The summed E-state index contributed by atoms with van der Waals surface area (Å²) in [5, 5.41) is 2.83. The minimum atomic E-state index is -0.701. The van der Waals surface area contributed by atoms with Crippen LogP contribution in [0.25, 0.3) is 0 Å². The number of rotatable bonds is 3. The van der Waals surface area contributed by atoms with Crippen molar-refractivity contribution in [3.63, 3.8) is 0 Å². The molecule has 2 atom stereocenters. The Balaban J connectivity index is 1.86. The summed E-state index contributed by atoms with van der Waals surface area (Å²) in [6.07, 6.45) is 1.71. The molecule has 0 aromatic heterocycles. The van der Waals surface area contributed by atoms with Crippen molar-refractivity contribution in [3.8, 4) is 0 Å². The molecular weight excluding hydrogens is 315 g/mol. The van der Waals surface area contributed by atoms with Gasteiger partial charge in [-0.3, -0.25) is 9.69 Å². The van der Waals surface area contributed by atoms with E-state index in [1.165, 1.54) is 4.90 Å². The smallest absolute Gasteiger partial charge is 0.410 e. The average molecular weight is 337 g/mol. The van der Waals surface area contributed by atoms with Crippen molar-refractivity contribution in [2.75, 3.05) is 13.1 Å². The first-order valence-electron chi connectivity index (χ1n) is 7.25. The Kier molecular flexibility index (Phi) is 4.64. The number of carbonyl (C=O) groups excluding carboxylic acids is 2. The SMILES string of the molecule is CC(C)(C)OC(=O)N1CCC[C@H]1C(=O)NC[C@H]1CC1(Cl)Cl. The predicted molar refractivity (Wildman–Crippen MR) is 81.5 cm³/mol. The van der Waals surface area contributed by atoms with Crippen LogP contribution < -0.4 is 5.32 Å². The molecule has 0 radical (unpaired) electrons. The lowest BCUT2D eigenvalue weighted by Crippen LogP contribution is -2.48. The van der Waals surface area contributed by atoms with Crippen molar-refractivity contribution >= 4 is 35.2 Å². The Morgan fingerprint density at radius 1 is 1.38 bits per heavy atom. The topological polar surface area (TPSA) is 58.6 Å². The molecule has 2 aliphatic rings. The first-order valence-corrected chi connectivity index (χ1v) is 8.01. The fourth-order valence-corrected chi connectivity index (χ4v) is 2.94. The van der Waals surface area contributed by atoms with Gasteiger partial charge >= 0.3 is 6.09 Å². The number of nitrogens with one attached hydrogen (secondary N) is 1. The number of likely N-dealkylation sites (tertiary alicyclic amines) is 1. The van der Waals surface area contributed by atoms with Crippen molar-refractivity contribution in [1.82, 2.24) is 10.2 Å². The van der Waals surface area contributed by atoms with Crippen LogP contribution in [0.5, 0.6) is 0 Å². The van der Waals surface area contributed by atoms with Crippen LogP contribution in [0.4, 0.5) is 4.79 Å². The number of alkyl halides is 2. The van der Waals surface area contributed by atoms with Crippen molar-refractivity contribution in [2.45, 2.75) is 56.0 Å². The molecule has 1 aliphatic carbocycles. The highest BCUT2D eigenvalue weighted by Gasteiger charge is 2.51. The van der Waals surface area contributed by atoms with Crippen molar-refractivity contribution in [1.29, 1.82) is 0 Å². The lowest BCUT2D eigenvalue weighted by atomic mass is 10.2. The Morgan fingerprint density at radius 2 is 2.00 bits per heavy atom. The highest BCUT2D eigenvalue weighted by Crippen LogP contribution is 2.52. The molecule has 1 N–H and O–H groups in total. The van der Waals surface area contributed by atoms with Crippen molar-refractivity contribution < 1.29 is 14.3 Å². The molecule has 0 unspecified atom stereocenters. The van der Waals surface area contributed by atoms with Crippen molar-refractivity contribution in [2.24, 2.45) is 5.92 Å². The predicted octanol–water partition coefficient (Wildman–Crippen LogP) is 2.70. The number of nitrogens with zero attached hydrogens (tertiary/aromatic N) is 1. The van der Waals surface area contributed by atoms with Crippen molar-refractivity contribution in [3.05, 3.63) is 0 Å². The summed E-state index contributed by atoms with van der Waals surface area (Å²) >= 11 is 11.9. The van der Waals surface area contributed by atoms with Crippen LogP contribution in [0.1, 0.15) is 40.0 Å². The second-order valence-corrected chi connectivity index (χ2v) is 8.28. The van der Waals surface area contributed by atoms with Crippen LogP contribution in [0, 0.1) is 5.92 Å². The molecule has 2 amide bonds. The summed E-state index contributed by atoms with van der Waals surface area (Å²) < 4.78 is 4.64. The van der Waals surface area contributed by atoms with Crippen LogP contribution >= 0.6 is 23.2 Å². The van der Waals surface area contributed by atoms with Gasteiger partial charge in [0.2, 0.25) is 5.91 Å². The quantitative estimate of drug-likeness (QED) is 0.806. The molecule has 7 heteroatoms. The molecule has 120 valence electrons. The van der Waals surface area contributed by atoms with E-state index in [0.717, 1.165) is 6.42 Å². The average Bonchev–Trinajstić information content (AvgIpc) is 2.77. The molecule has 0 spiro atoms. The summed E-state index contributed by atoms with van der Waals surface area (Å²) in [7, 11) is 0. The third-order valence-electron chi connectivity index (χ3n) is 3.66. The number of halogens is 2. The third-order valence-corrected chi connectivity index (χ3v) is 4.59. The summed E-state index contributed by atoms with van der Waals surface area (Å²) in [6, 6.07) is -0.460. The standard InChI is InChI=1S/C14H22Cl2N2O3/c1-13(2,3)21-12(20)18-6-4-5-10(18)11(19)17-8-9-7-14(9,15)16/h9-10H,4-8H2,1-3H3,(H,17,19)/t9-,10+/m1/s1. The fraction of sp³-hybridized carbons (Fsp3) is 0.857. The molecule has 5 nitrogen and oxygen atoms in total. The minimum absolute atomic E-state index is 0.0983. The van der Waals surface area contributed by atoms with E-state index in [1.807, 2.05) is 20.8 Å². The number of ether oxygens (including phenoxy) is 1. The molecule has 1 saturated carbocycles. The summed E-state index contributed by atoms with van der Waals surface area (Å²) in [6.45, 7) is 6.42. The summed E-state index contributed by atoms with van der Waals surface area (Å²) in [5.41, 5.74) is -0.564. The summed E-state index contributed by atoms with van der Waals surface area (Å²) in [4.78, 5) is 25.8. The molecule has 0 bridgehead atoms. The Labute approximate surface area is 135 Å². The fourth-order valence-electron chi connectivity index (χ4n) is 2.41. The molecule has 21 heavy (non-hydrogen) atoms. The zero-order valence-electron chi connectivity index (χ0n) is 12.6. The molecule has 2 rings (SSSR count). The number of hydrogen-bond acceptors (Lipinski definition) is 3. The number of hydrogen-bond donors (Lipinski definition) is 1. The van der Waals surface area contributed by atoms with E-state index in [-0.39, 0.29) is 11.8 Å². The lowest BCUT2D eigenvalue weighted by Gasteiger charge is -2.28. The normalized spacial score (nSPS) is 27.4. The van der Waals surface area contributed by atoms with E-state index in [4.69, 9.17) is 27.9 Å². The first kappa shape index (κ1) is 16.7. The second-order valence-electron chi connectivity index (χ2n) is 6.74. The van der Waals surface area contributed by atoms with Crippen LogP contribution in [0.2, 0.25) is 0 Å². The van der Waals surface area contributed by atoms with Gasteiger partial charge in [0.05, 0.1) is 0 Å². The Bertz CT molecular complexity index is 434. The molecule has 2 fully saturated rings. The Hall–Kier alpha value is -0.680. The first-order chi connectivity index (χ1) is 9.60. The summed E-state index contributed by atoms with van der Waals surface area (Å²) in [5.74, 6) is -0.0597. The van der Waals surface area contributed by atoms with Gasteiger partial charge in [0.15, 0.2) is 0 Å². The molecule has 0 aromatic rings. The van der Waals surface area contributed by atoms with E-state index in [1.54, 1.807) is 0 Å². The molecule has 0 aromatic carbocycles. The highest BCUT2D eigenvalue weighted by molar-refractivity contribution is 6.50. The van der Waals surface area contributed by atoms with E-state index in [9.17, 15) is 9.59 Å². The van der Waals surface area contributed by atoms with Gasteiger partial charge in [-0.2, -0.15) is 0 Å². The van der Waals surface area contributed by atoms with Gasteiger partial charge in [-0.1, -0.05) is 0 Å². The maximum Gasteiger partial charge on any atom is 0.410 e. The lowest BCUT2D eigenvalue weighted by molar-refractivity contribution is -0.125. The van der Waals surface area contributed by atoms with Gasteiger partial charge in [-0.25, -0.2) is 4.79 Å². The van der Waals surface area contributed by atoms with Gasteiger partial charge < -0.3 is 10.1 Å². The minimum Gasteiger partial charge on any atom is -0.444 e. The highest BCUT2D eigenvalue weighted by atomic mass is 35.5. The second kappa shape index (κ2) is 5.84. The van der Waals surface area contributed by atoms with Crippen LogP contribution in [-0.4, -0.2) is 46.0 Å². The van der Waals surface area contributed by atoms with Crippen LogP contribution in [0.15, 0.2) is 0 Å². The third kappa shape index (κ3) is 4.39. The maximum atomic E-state index is 12.2. The van der Waals surface area contributed by atoms with E-state index < -0.39 is 22.1 Å². The molecule has 1 saturated heterocycles. The number of carbonyl (C=O) groups is 2. The molecular formula is C14H22Cl2N2O3. The van der Waals surface area contributed by atoms with Gasteiger partial charge in [0, 0.05) is 19.0 Å². The maximum absolute atomic E-state index is 12.2. The largest absolute Gasteiger partial charge is 0.444 e. The van der Waals surface area contributed by atoms with Crippen LogP contribution in [0.3, 0.4) is 0 Å². The van der Waals surface area contributed by atoms with E-state index in [2.05, 4.69) is 5.32 Å². The van der Waals surface area contributed by atoms with Gasteiger partial charge in [-0.05, 0) is 40.0 Å². The zero-order valence-corrected chi connectivity index (χ0v) is 14.1. The molecule has 1 aliphatic heterocycles. The van der Waals surface area contributed by atoms with Gasteiger partial charge in [-0.15, -0.1) is 23.2 Å². The van der Waals surface area contributed by atoms with E-state index in [0.29, 0.717) is 25.9 Å². The zero-order chi connectivity index (χ0) is 15.8. The van der Waals surface area contributed by atoms with Crippen LogP contribution in [-0.2, 0) is 9.53 Å². The van der Waals surface area contributed by atoms with E-state index >= 15 is 0 Å². The van der Waals surface area contributed by atoms with Gasteiger partial charge in [0.1, 0.15) is 16.0 Å². The monoisotopic (exact) mass is 336 g/mol. The Morgan fingerprint density at radius 3 is 2.52 bits per heavy atom. The van der Waals surface area contributed by atoms with Gasteiger partial charge in [0.25, 0.3) is 0 Å².